The van der Waals surface area contributed by atoms with Gasteiger partial charge in [-0.25, -0.2) is 0 Å². The van der Waals surface area contributed by atoms with Crippen LogP contribution in [0.25, 0.3) is 22.3 Å². The maximum atomic E-state index is 6.82. The minimum Gasteiger partial charge on any atom is -0.399 e. The van der Waals surface area contributed by atoms with E-state index in [2.05, 4.69) is 132 Å². The second kappa shape index (κ2) is 23.9. The highest BCUT2D eigenvalue weighted by Crippen LogP contribution is 2.61. The highest BCUT2D eigenvalue weighted by atomic mass is 16.7. The summed E-state index contributed by atoms with van der Waals surface area (Å²) in [7, 11) is -0.755. The van der Waals surface area contributed by atoms with Crippen LogP contribution in [0.15, 0.2) is 48.5 Å². The zero-order chi connectivity index (χ0) is 50.2. The Balaban J connectivity index is 1.40. The van der Waals surface area contributed by atoms with Gasteiger partial charge in [-0.2, -0.15) is 0 Å². The smallest absolute Gasteiger partial charge is 0.399 e. The molecule has 6 heteroatoms. The van der Waals surface area contributed by atoms with Crippen LogP contribution >= 0.6 is 0 Å². The van der Waals surface area contributed by atoms with Crippen LogP contribution in [0.3, 0.4) is 0 Å². The van der Waals surface area contributed by atoms with E-state index in [1.54, 1.807) is 11.1 Å². The standard InChI is InChI=1S/C64H100B2O4/c1-13-17-21-25-29-33-41-63(42-34-30-26-22-18-14-2)55-45-49(65-67-59(5,6)60(7,8)68-65)37-39-51(55)53-48-58-54(47-57(53)63)52-40-38-50(66-69-61(9,10)62(11,12)70-66)46-56(52)64(58,43-35-31-27-23-19-15-3)44-36-32-28-24-20-16-4/h37-40,45-48H,13-36,41-44H2,1-12H3. The molecule has 0 unspecified atom stereocenters. The summed E-state index contributed by atoms with van der Waals surface area (Å²) in [5, 5.41) is 0. The zero-order valence-electron chi connectivity index (χ0n) is 47.2. The summed E-state index contributed by atoms with van der Waals surface area (Å²) < 4.78 is 27.3. The molecule has 2 heterocycles. The number of unbranched alkanes of at least 4 members (excludes halogenated alkanes) is 20. The molecule has 0 aromatic heterocycles. The summed E-state index contributed by atoms with van der Waals surface area (Å²) in [4.78, 5) is 0. The molecular formula is C64H100B2O4. The fraction of sp³-hybridized carbons (Fsp3) is 0.719. The molecule has 2 aliphatic carbocycles. The number of hydrogen-bond donors (Lipinski definition) is 0. The second-order valence-corrected chi connectivity index (χ2v) is 25.0. The van der Waals surface area contributed by atoms with Gasteiger partial charge in [0.2, 0.25) is 0 Å². The minimum atomic E-state index is -0.389. The molecule has 386 valence electrons. The molecule has 2 aliphatic heterocycles. The van der Waals surface area contributed by atoms with Gasteiger partial charge in [0.25, 0.3) is 0 Å². The van der Waals surface area contributed by atoms with Gasteiger partial charge in [0.15, 0.2) is 0 Å². The van der Waals surface area contributed by atoms with Crippen molar-refractivity contribution in [3.63, 3.8) is 0 Å². The van der Waals surface area contributed by atoms with E-state index in [9.17, 15) is 0 Å². The van der Waals surface area contributed by atoms with Crippen molar-refractivity contribution < 1.29 is 18.6 Å². The topological polar surface area (TPSA) is 36.9 Å². The van der Waals surface area contributed by atoms with Gasteiger partial charge in [-0.05, 0) is 149 Å². The molecule has 4 nitrogen and oxygen atoms in total. The van der Waals surface area contributed by atoms with Crippen molar-refractivity contribution in [3.05, 3.63) is 70.8 Å². The predicted molar refractivity (Wildman–Crippen MR) is 302 cm³/mol. The van der Waals surface area contributed by atoms with E-state index in [-0.39, 0.29) is 47.5 Å². The van der Waals surface area contributed by atoms with Gasteiger partial charge >= 0.3 is 14.2 Å². The van der Waals surface area contributed by atoms with Crippen LogP contribution in [0.1, 0.15) is 285 Å². The molecule has 2 fully saturated rings. The van der Waals surface area contributed by atoms with Crippen LogP contribution in [0.2, 0.25) is 0 Å². The Kier molecular flexibility index (Phi) is 18.9. The van der Waals surface area contributed by atoms with E-state index >= 15 is 0 Å². The fourth-order valence-electron chi connectivity index (χ4n) is 12.9. The molecule has 3 aromatic carbocycles. The third-order valence-electron chi connectivity index (χ3n) is 18.8. The first-order chi connectivity index (χ1) is 33.5. The lowest BCUT2D eigenvalue weighted by atomic mass is 9.67. The molecule has 0 bridgehead atoms. The van der Waals surface area contributed by atoms with Crippen molar-refractivity contribution in [2.75, 3.05) is 0 Å². The van der Waals surface area contributed by atoms with Crippen molar-refractivity contribution in [2.24, 2.45) is 0 Å². The van der Waals surface area contributed by atoms with E-state index in [1.807, 2.05) is 0 Å². The third kappa shape index (κ3) is 11.6. The summed E-state index contributed by atoms with van der Waals surface area (Å²) in [5.74, 6) is 0. The summed E-state index contributed by atoms with van der Waals surface area (Å²) in [6, 6.07) is 20.4. The molecule has 0 atom stereocenters. The average molecular weight is 955 g/mol. The molecule has 0 N–H and O–H groups in total. The molecule has 70 heavy (non-hydrogen) atoms. The Labute approximate surface area is 431 Å². The van der Waals surface area contributed by atoms with Crippen LogP contribution in [0.5, 0.6) is 0 Å². The number of hydrogen-bond acceptors (Lipinski definition) is 4. The lowest BCUT2D eigenvalue weighted by Crippen LogP contribution is -2.41. The fourth-order valence-corrected chi connectivity index (χ4v) is 12.9. The summed E-state index contributed by atoms with van der Waals surface area (Å²) >= 11 is 0. The maximum absolute atomic E-state index is 6.82. The Morgan fingerprint density at radius 2 is 0.543 bits per heavy atom. The molecule has 0 spiro atoms. The molecule has 4 aliphatic rings. The molecule has 2 saturated heterocycles. The van der Waals surface area contributed by atoms with Gasteiger partial charge < -0.3 is 18.6 Å². The Bertz CT molecular complexity index is 1930. The quantitative estimate of drug-likeness (QED) is 0.0493. The van der Waals surface area contributed by atoms with Gasteiger partial charge in [0, 0.05) is 10.8 Å². The zero-order valence-corrected chi connectivity index (χ0v) is 47.2. The van der Waals surface area contributed by atoms with Crippen molar-refractivity contribution in [3.8, 4) is 22.3 Å². The monoisotopic (exact) mass is 955 g/mol. The van der Waals surface area contributed by atoms with Crippen LogP contribution in [0.4, 0.5) is 0 Å². The lowest BCUT2D eigenvalue weighted by molar-refractivity contribution is 0.00578. The van der Waals surface area contributed by atoms with E-state index in [0.717, 1.165) is 0 Å². The maximum Gasteiger partial charge on any atom is 0.494 e. The molecule has 0 amide bonds. The normalized spacial score (nSPS) is 19.4. The minimum absolute atomic E-state index is 0.0680. The van der Waals surface area contributed by atoms with Crippen molar-refractivity contribution in [2.45, 2.75) is 296 Å². The van der Waals surface area contributed by atoms with Crippen molar-refractivity contribution >= 4 is 25.2 Å². The average Bonchev–Trinajstić information content (AvgIpc) is 3.92. The first kappa shape index (κ1) is 55.4. The molecular weight excluding hydrogens is 854 g/mol. The first-order valence-corrected chi connectivity index (χ1v) is 29.7. The predicted octanol–water partition coefficient (Wildman–Crippen LogP) is 17.8. The van der Waals surface area contributed by atoms with Crippen LogP contribution in [-0.4, -0.2) is 36.6 Å². The van der Waals surface area contributed by atoms with E-state index < -0.39 is 0 Å². The van der Waals surface area contributed by atoms with E-state index in [4.69, 9.17) is 18.6 Å². The molecule has 0 saturated carbocycles. The van der Waals surface area contributed by atoms with Crippen LogP contribution < -0.4 is 10.9 Å². The van der Waals surface area contributed by atoms with Gasteiger partial charge in [-0.15, -0.1) is 0 Å². The Morgan fingerprint density at radius 1 is 0.300 bits per heavy atom. The first-order valence-electron chi connectivity index (χ1n) is 29.7. The lowest BCUT2D eigenvalue weighted by Gasteiger charge is -2.35. The van der Waals surface area contributed by atoms with E-state index in [0.29, 0.717) is 0 Å². The van der Waals surface area contributed by atoms with Crippen molar-refractivity contribution in [1.82, 2.24) is 0 Å². The van der Waals surface area contributed by atoms with Crippen LogP contribution in [-0.2, 0) is 29.4 Å². The Hall–Kier alpha value is -2.37. The summed E-state index contributed by atoms with van der Waals surface area (Å²) in [6.45, 7) is 26.9. The summed E-state index contributed by atoms with van der Waals surface area (Å²) in [5.41, 5.74) is 12.8. The SMILES string of the molecule is CCCCCCCCC1(CCCCCCCC)c2cc(B3OC(C)(C)C(C)(C)O3)ccc2-c2cc3c(cc21)-c1ccc(B2OC(C)(C)C(C)(C)O2)cc1C3(CCCCCCCC)CCCCCCCC. The Morgan fingerprint density at radius 3 is 0.814 bits per heavy atom. The van der Waals surface area contributed by atoms with Gasteiger partial charge in [0.05, 0.1) is 22.4 Å². The van der Waals surface area contributed by atoms with Gasteiger partial charge in [-0.3, -0.25) is 0 Å². The summed E-state index contributed by atoms with van der Waals surface area (Å²) in [6.07, 6.45) is 36.2. The molecule has 3 aromatic rings. The second-order valence-electron chi connectivity index (χ2n) is 25.0. The van der Waals surface area contributed by atoms with Gasteiger partial charge in [-0.1, -0.05) is 218 Å². The van der Waals surface area contributed by atoms with Crippen LogP contribution in [0, 0.1) is 0 Å². The number of benzene rings is 3. The van der Waals surface area contributed by atoms with Crippen molar-refractivity contribution in [1.29, 1.82) is 0 Å². The third-order valence-corrected chi connectivity index (χ3v) is 18.8. The highest BCUT2D eigenvalue weighted by molar-refractivity contribution is 6.62. The number of rotatable bonds is 30. The molecule has 7 rings (SSSR count). The van der Waals surface area contributed by atoms with Gasteiger partial charge in [0.1, 0.15) is 0 Å². The van der Waals surface area contributed by atoms with E-state index in [1.165, 1.54) is 224 Å². The largest absolute Gasteiger partial charge is 0.494 e. The molecule has 0 radical (unpaired) electrons. The number of fused-ring (bicyclic) bond motifs is 6. The highest BCUT2D eigenvalue weighted by Gasteiger charge is 2.55.